The van der Waals surface area contributed by atoms with Gasteiger partial charge >= 0.3 is 18.2 Å². The lowest BCUT2D eigenvalue weighted by atomic mass is 10.2. The van der Waals surface area contributed by atoms with Gasteiger partial charge in [-0.05, 0) is 31.9 Å². The molecule has 46 heavy (non-hydrogen) atoms. The fourth-order valence-corrected chi connectivity index (χ4v) is 2.99. The van der Waals surface area contributed by atoms with Crippen LogP contribution >= 0.6 is 12.4 Å². The van der Waals surface area contributed by atoms with Crippen molar-refractivity contribution >= 4 is 42.4 Å². The van der Waals surface area contributed by atoms with E-state index in [9.17, 15) is 24.0 Å². The van der Waals surface area contributed by atoms with Crippen molar-refractivity contribution in [3.63, 3.8) is 0 Å². The Kier molecular flexibility index (Phi) is 25.0. The summed E-state index contributed by atoms with van der Waals surface area (Å²) in [7, 11) is 0. The number of alkyl carbamates (subject to hydrolysis) is 2. The minimum atomic E-state index is -0.624. The third-order valence-electron chi connectivity index (χ3n) is 4.82. The molecule has 2 aromatic carbocycles. The number of carbonyl (C=O) groups excluding carboxylic acids is 5. The Labute approximate surface area is 273 Å². The van der Waals surface area contributed by atoms with Crippen LogP contribution in [-0.4, -0.2) is 73.5 Å². The molecule has 0 bridgehead atoms. The first kappa shape index (κ1) is 43.3. The lowest BCUT2D eigenvalue weighted by molar-refractivity contribution is -0.156. The summed E-state index contributed by atoms with van der Waals surface area (Å²) in [5, 5.41) is 18.3. The summed E-state index contributed by atoms with van der Waals surface area (Å²) in [5.74, 6) is -1.40. The zero-order valence-electron chi connectivity index (χ0n) is 26.0. The molecule has 17 heteroatoms. The summed E-state index contributed by atoms with van der Waals surface area (Å²) < 4.78 is 15.0. The molecule has 256 valence electrons. The summed E-state index contributed by atoms with van der Waals surface area (Å²) >= 11 is 0. The molecule has 0 aliphatic heterocycles. The lowest BCUT2D eigenvalue weighted by Gasteiger charge is -2.19. The Morgan fingerprint density at radius 3 is 1.46 bits per heavy atom. The highest BCUT2D eigenvalue weighted by Gasteiger charge is 2.18. The van der Waals surface area contributed by atoms with Gasteiger partial charge in [-0.1, -0.05) is 66.3 Å². The molecule has 0 fully saturated rings. The van der Waals surface area contributed by atoms with Crippen LogP contribution in [0.3, 0.4) is 0 Å². The molecule has 0 saturated carbocycles. The number of halogens is 1. The molecule has 4 amide bonds. The molecule has 0 radical (unpaired) electrons. The third kappa shape index (κ3) is 25.7. The normalized spacial score (nSPS) is 9.65. The highest BCUT2D eigenvalue weighted by molar-refractivity contribution is 5.94. The molecule has 7 N–H and O–H groups in total. The average Bonchev–Trinajstić information content (AvgIpc) is 3.01. The van der Waals surface area contributed by atoms with Crippen molar-refractivity contribution in [2.24, 2.45) is 0 Å². The summed E-state index contributed by atoms with van der Waals surface area (Å²) in [5.41, 5.74) is 7.40. The number of rotatable bonds is 14. The van der Waals surface area contributed by atoms with Gasteiger partial charge in [0.2, 0.25) is 11.8 Å². The van der Waals surface area contributed by atoms with Gasteiger partial charge in [-0.2, -0.15) is 10.4 Å². The van der Waals surface area contributed by atoms with Crippen LogP contribution in [0.1, 0.15) is 38.3 Å². The SMILES string of the molecule is CC(C)(C)OC(=O)CC(=O)NCCNC(=O)OCc1ccccc1.Cl.N=O.O=C(CNO)NCCNC(=O)OCc1ccccc1. The monoisotopic (exact) mass is 670 g/mol. The summed E-state index contributed by atoms with van der Waals surface area (Å²) in [6.45, 7) is 6.31. The van der Waals surface area contributed by atoms with Crippen molar-refractivity contribution in [1.82, 2.24) is 26.7 Å². The number of ether oxygens (including phenoxy) is 3. The Balaban J connectivity index is 0. The van der Waals surface area contributed by atoms with Crippen LogP contribution in [0.25, 0.3) is 0 Å². The maximum atomic E-state index is 11.5. The fourth-order valence-electron chi connectivity index (χ4n) is 2.99. The molecule has 2 rings (SSSR count). The number of hydroxylamine groups is 1. The number of amides is 4. The zero-order valence-corrected chi connectivity index (χ0v) is 26.8. The van der Waals surface area contributed by atoms with E-state index in [1.165, 1.54) is 0 Å². The van der Waals surface area contributed by atoms with E-state index in [2.05, 4.69) is 26.9 Å². The highest BCUT2D eigenvalue weighted by atomic mass is 35.5. The van der Waals surface area contributed by atoms with Crippen LogP contribution in [0, 0.1) is 10.5 Å². The third-order valence-corrected chi connectivity index (χ3v) is 4.82. The number of nitrogens with one attached hydrogen (secondary N) is 6. The van der Waals surface area contributed by atoms with Crippen LogP contribution in [-0.2, 0) is 41.8 Å². The van der Waals surface area contributed by atoms with E-state index in [4.69, 9.17) is 24.3 Å². The summed E-state index contributed by atoms with van der Waals surface area (Å²) in [6.07, 6.45) is -1.46. The van der Waals surface area contributed by atoms with Crippen molar-refractivity contribution in [1.29, 1.82) is 5.59 Å². The number of nitroso groups, excluding NO2 is 1. The number of benzene rings is 2. The summed E-state index contributed by atoms with van der Waals surface area (Å²) in [4.78, 5) is 64.2. The van der Waals surface area contributed by atoms with Gasteiger partial charge in [0.15, 0.2) is 0 Å². The Morgan fingerprint density at radius 1 is 0.674 bits per heavy atom. The Morgan fingerprint density at radius 2 is 1.07 bits per heavy atom. The van der Waals surface area contributed by atoms with Crippen LogP contribution in [0.4, 0.5) is 9.59 Å². The molecule has 0 atom stereocenters. The highest BCUT2D eigenvalue weighted by Crippen LogP contribution is 2.08. The van der Waals surface area contributed by atoms with E-state index >= 15 is 0 Å². The number of hydrogen-bond acceptors (Lipinski definition) is 12. The van der Waals surface area contributed by atoms with E-state index < -0.39 is 29.7 Å². The molecular weight excluding hydrogens is 628 g/mol. The van der Waals surface area contributed by atoms with E-state index in [0.29, 0.717) is 0 Å². The maximum absolute atomic E-state index is 11.5. The van der Waals surface area contributed by atoms with Gasteiger partial charge in [0.1, 0.15) is 25.2 Å². The van der Waals surface area contributed by atoms with Gasteiger partial charge in [0.05, 0.1) is 6.54 Å². The maximum Gasteiger partial charge on any atom is 0.407 e. The van der Waals surface area contributed by atoms with Crippen molar-refractivity contribution in [2.45, 2.75) is 46.0 Å². The van der Waals surface area contributed by atoms with Crippen molar-refractivity contribution in [3.05, 3.63) is 76.7 Å². The van der Waals surface area contributed by atoms with Crippen LogP contribution in [0.2, 0.25) is 0 Å². The van der Waals surface area contributed by atoms with Gasteiger partial charge in [-0.15, -0.1) is 12.4 Å². The van der Waals surface area contributed by atoms with Gasteiger partial charge in [0.25, 0.3) is 0 Å². The zero-order chi connectivity index (χ0) is 33.9. The quantitative estimate of drug-likeness (QED) is 0.0385. The van der Waals surface area contributed by atoms with Crippen molar-refractivity contribution < 1.29 is 43.4 Å². The molecule has 0 aromatic heterocycles. The standard InChI is InChI=1S/C17H24N2O5.C12H17N3O4.ClH.HNO/c1-17(2,3)24-15(21)11-14(20)18-9-10-19-16(22)23-12-13-7-5-4-6-8-13;16-11(8-15-18)13-6-7-14-12(17)19-9-10-4-2-1-3-5-10;;1-2/h4-8H,9-12H2,1-3H3,(H,18,20)(H,19,22);1-5,15,18H,6-9H2,(H,13,16)(H,14,17);1H;1H. The van der Waals surface area contributed by atoms with E-state index in [-0.39, 0.29) is 70.7 Å². The second-order valence-electron chi connectivity index (χ2n) is 9.78. The number of esters is 1. The van der Waals surface area contributed by atoms with E-state index in [0.717, 1.165) is 11.1 Å². The molecule has 0 aliphatic carbocycles. The molecule has 16 nitrogen and oxygen atoms in total. The lowest BCUT2D eigenvalue weighted by Crippen LogP contribution is -2.38. The number of carbonyl (C=O) groups is 5. The molecule has 0 heterocycles. The van der Waals surface area contributed by atoms with Crippen LogP contribution in [0.15, 0.2) is 60.7 Å². The van der Waals surface area contributed by atoms with Crippen molar-refractivity contribution in [3.8, 4) is 0 Å². The predicted octanol–water partition coefficient (Wildman–Crippen LogP) is 2.52. The average molecular weight is 671 g/mol. The first-order chi connectivity index (χ1) is 21.5. The Hall–Kier alpha value is -4.80. The molecule has 0 unspecified atom stereocenters. The summed E-state index contributed by atoms with van der Waals surface area (Å²) in [6, 6.07) is 18.6. The van der Waals surface area contributed by atoms with E-state index in [1.807, 2.05) is 60.7 Å². The fraction of sp³-hybridized carbons (Fsp3) is 0.414. The van der Waals surface area contributed by atoms with E-state index in [1.54, 1.807) is 26.3 Å². The first-order valence-corrected chi connectivity index (χ1v) is 13.7. The minimum Gasteiger partial charge on any atom is -0.460 e. The number of hydrogen-bond donors (Lipinski definition) is 7. The van der Waals surface area contributed by atoms with Gasteiger partial charge in [0, 0.05) is 26.2 Å². The van der Waals surface area contributed by atoms with Crippen LogP contribution < -0.4 is 26.7 Å². The molecule has 2 aromatic rings. The van der Waals surface area contributed by atoms with Crippen LogP contribution in [0.5, 0.6) is 0 Å². The van der Waals surface area contributed by atoms with Gasteiger partial charge in [-0.3, -0.25) is 14.4 Å². The molecule has 0 saturated heterocycles. The minimum absolute atomic E-state index is 0. The van der Waals surface area contributed by atoms with Crippen molar-refractivity contribution in [2.75, 3.05) is 32.7 Å². The topological polar surface area (TPSA) is 234 Å². The predicted molar refractivity (Wildman–Crippen MR) is 169 cm³/mol. The van der Waals surface area contributed by atoms with Gasteiger partial charge < -0.3 is 40.7 Å². The molecule has 0 spiro atoms. The molecule has 0 aliphatic rings. The largest absolute Gasteiger partial charge is 0.460 e. The first-order valence-electron chi connectivity index (χ1n) is 13.7. The Bertz CT molecular complexity index is 1150. The van der Waals surface area contributed by atoms with Gasteiger partial charge in [-0.25, -0.2) is 9.59 Å². The second kappa shape index (κ2) is 26.6. The molecular formula is C29H43ClN6O10. The second-order valence-corrected chi connectivity index (χ2v) is 9.78. The smallest absolute Gasteiger partial charge is 0.407 e.